The van der Waals surface area contributed by atoms with Gasteiger partial charge in [-0.3, -0.25) is 0 Å². The summed E-state index contributed by atoms with van der Waals surface area (Å²) in [7, 11) is 0. The van der Waals surface area contributed by atoms with E-state index in [-0.39, 0.29) is 17.3 Å². The number of ether oxygens (including phenoxy) is 1. The lowest BCUT2D eigenvalue weighted by Crippen LogP contribution is -2.05. The van der Waals surface area contributed by atoms with Gasteiger partial charge in [0.15, 0.2) is 5.70 Å². The summed E-state index contributed by atoms with van der Waals surface area (Å²) in [6.07, 6.45) is 1.49. The van der Waals surface area contributed by atoms with Crippen LogP contribution in [0, 0.1) is 0 Å². The Morgan fingerprint density at radius 3 is 2.45 bits per heavy atom. The van der Waals surface area contributed by atoms with E-state index in [1.807, 2.05) is 12.1 Å². The molecular weight excluding hydrogens is 414 g/mol. The number of cyclic esters (lactones) is 1. The molecule has 1 aliphatic rings. The molecule has 0 bridgehead atoms. The molecule has 0 amide bonds. The Labute approximate surface area is 143 Å². The largest absolute Gasteiger partial charge is 0.507 e. The van der Waals surface area contributed by atoms with Crippen LogP contribution in [0.3, 0.4) is 0 Å². The van der Waals surface area contributed by atoms with Gasteiger partial charge in [-0.25, -0.2) is 9.79 Å². The molecular formula is C16H9Br2NO3. The third kappa shape index (κ3) is 3.13. The summed E-state index contributed by atoms with van der Waals surface area (Å²) in [4.78, 5) is 16.1. The summed E-state index contributed by atoms with van der Waals surface area (Å²) in [6, 6.07) is 12.2. The summed E-state index contributed by atoms with van der Waals surface area (Å²) >= 11 is 6.66. The molecule has 0 aliphatic carbocycles. The van der Waals surface area contributed by atoms with E-state index in [0.717, 1.165) is 8.95 Å². The minimum atomic E-state index is -0.544. The maximum atomic E-state index is 11.9. The van der Waals surface area contributed by atoms with Crippen molar-refractivity contribution < 1.29 is 14.6 Å². The quantitative estimate of drug-likeness (QED) is 0.581. The van der Waals surface area contributed by atoms with E-state index in [0.29, 0.717) is 11.1 Å². The maximum absolute atomic E-state index is 11.9. The first kappa shape index (κ1) is 15.0. The van der Waals surface area contributed by atoms with Crippen LogP contribution < -0.4 is 0 Å². The molecule has 22 heavy (non-hydrogen) atoms. The van der Waals surface area contributed by atoms with Gasteiger partial charge in [-0.15, -0.1) is 0 Å². The normalized spacial score (nSPS) is 15.8. The van der Waals surface area contributed by atoms with Gasteiger partial charge in [0.2, 0.25) is 5.90 Å². The van der Waals surface area contributed by atoms with Gasteiger partial charge >= 0.3 is 5.97 Å². The molecule has 1 aliphatic heterocycles. The standard InChI is InChI=1S/C16H9Br2NO3/c17-11-3-1-9(2-4-11)15-19-13(16(21)22-15)8-10-7-12(18)5-6-14(10)20/h1-8,20H/b13-8+. The minimum absolute atomic E-state index is 0.0655. The second kappa shape index (κ2) is 6.06. The average Bonchev–Trinajstić information content (AvgIpc) is 2.85. The summed E-state index contributed by atoms with van der Waals surface area (Å²) in [5.74, 6) is -0.230. The molecule has 2 aromatic rings. The van der Waals surface area contributed by atoms with E-state index in [4.69, 9.17) is 4.74 Å². The predicted octanol–water partition coefficient (Wildman–Crippen LogP) is 4.26. The van der Waals surface area contributed by atoms with Crippen molar-refractivity contribution in [2.45, 2.75) is 0 Å². The van der Waals surface area contributed by atoms with Crippen molar-refractivity contribution in [3.8, 4) is 5.75 Å². The molecule has 2 aromatic carbocycles. The Hall–Kier alpha value is -1.92. The van der Waals surface area contributed by atoms with Crippen molar-refractivity contribution >= 4 is 49.8 Å². The van der Waals surface area contributed by atoms with Gasteiger partial charge in [-0.2, -0.15) is 0 Å². The van der Waals surface area contributed by atoms with Crippen LogP contribution in [-0.4, -0.2) is 17.0 Å². The number of benzene rings is 2. The van der Waals surface area contributed by atoms with Crippen LogP contribution in [0.25, 0.3) is 6.08 Å². The Morgan fingerprint density at radius 2 is 1.73 bits per heavy atom. The number of halogens is 2. The number of hydrogen-bond acceptors (Lipinski definition) is 4. The average molecular weight is 423 g/mol. The fourth-order valence-corrected chi connectivity index (χ4v) is 2.56. The second-order valence-electron chi connectivity index (χ2n) is 4.55. The molecule has 0 radical (unpaired) electrons. The van der Waals surface area contributed by atoms with E-state index in [1.165, 1.54) is 12.1 Å². The number of aromatic hydroxyl groups is 1. The number of esters is 1. The number of hydrogen-bond donors (Lipinski definition) is 1. The molecule has 0 fully saturated rings. The molecule has 6 heteroatoms. The molecule has 3 rings (SSSR count). The molecule has 1 N–H and O–H groups in total. The highest BCUT2D eigenvalue weighted by atomic mass is 79.9. The molecule has 0 saturated carbocycles. The van der Waals surface area contributed by atoms with Crippen molar-refractivity contribution in [3.63, 3.8) is 0 Å². The van der Waals surface area contributed by atoms with E-state index >= 15 is 0 Å². The number of carbonyl (C=O) groups is 1. The van der Waals surface area contributed by atoms with Gasteiger partial charge in [0.1, 0.15) is 5.75 Å². The Balaban J connectivity index is 1.97. The van der Waals surface area contributed by atoms with E-state index in [2.05, 4.69) is 36.9 Å². The monoisotopic (exact) mass is 421 g/mol. The van der Waals surface area contributed by atoms with Crippen molar-refractivity contribution in [2.24, 2.45) is 4.99 Å². The van der Waals surface area contributed by atoms with Crippen LogP contribution in [0.4, 0.5) is 0 Å². The van der Waals surface area contributed by atoms with Crippen LogP contribution in [0.2, 0.25) is 0 Å². The smallest absolute Gasteiger partial charge is 0.363 e. The fraction of sp³-hybridized carbons (Fsp3) is 0. The summed E-state index contributed by atoms with van der Waals surface area (Å²) in [5.41, 5.74) is 1.34. The molecule has 0 aromatic heterocycles. The maximum Gasteiger partial charge on any atom is 0.363 e. The van der Waals surface area contributed by atoms with Crippen molar-refractivity contribution in [1.29, 1.82) is 0 Å². The third-order valence-electron chi connectivity index (χ3n) is 2.99. The molecule has 4 nitrogen and oxygen atoms in total. The van der Waals surface area contributed by atoms with Gasteiger partial charge in [0.25, 0.3) is 0 Å². The summed E-state index contributed by atoms with van der Waals surface area (Å²) in [6.45, 7) is 0. The molecule has 0 saturated heterocycles. The fourth-order valence-electron chi connectivity index (χ4n) is 1.91. The van der Waals surface area contributed by atoms with Gasteiger partial charge < -0.3 is 9.84 Å². The lowest BCUT2D eigenvalue weighted by atomic mass is 10.1. The number of phenols is 1. The lowest BCUT2D eigenvalue weighted by molar-refractivity contribution is -0.129. The van der Waals surface area contributed by atoms with Crippen molar-refractivity contribution in [3.05, 3.63) is 68.2 Å². The first-order chi connectivity index (χ1) is 10.5. The zero-order chi connectivity index (χ0) is 15.7. The summed E-state index contributed by atoms with van der Waals surface area (Å²) < 4.78 is 6.90. The molecule has 1 heterocycles. The van der Waals surface area contributed by atoms with E-state index in [9.17, 15) is 9.90 Å². The van der Waals surface area contributed by atoms with Gasteiger partial charge in [0, 0.05) is 20.1 Å². The van der Waals surface area contributed by atoms with Gasteiger partial charge in [-0.1, -0.05) is 31.9 Å². The number of aliphatic imine (C=N–C) groups is 1. The summed E-state index contributed by atoms with van der Waals surface area (Å²) in [5, 5.41) is 9.82. The highest BCUT2D eigenvalue weighted by molar-refractivity contribution is 9.10. The zero-order valence-electron chi connectivity index (χ0n) is 11.1. The topological polar surface area (TPSA) is 58.9 Å². The number of carbonyl (C=O) groups excluding carboxylic acids is 1. The SMILES string of the molecule is O=C1OC(c2ccc(Br)cc2)=N/C1=C/c1cc(Br)ccc1O. The Kier molecular flexibility index (Phi) is 4.13. The van der Waals surface area contributed by atoms with E-state index < -0.39 is 5.97 Å². The van der Waals surface area contributed by atoms with Crippen LogP contribution in [0.15, 0.2) is 62.1 Å². The van der Waals surface area contributed by atoms with Crippen LogP contribution >= 0.6 is 31.9 Å². The van der Waals surface area contributed by atoms with Gasteiger partial charge in [-0.05, 0) is 48.5 Å². The second-order valence-corrected chi connectivity index (χ2v) is 6.38. The number of rotatable bonds is 2. The molecule has 0 atom stereocenters. The first-order valence-corrected chi connectivity index (χ1v) is 7.88. The lowest BCUT2D eigenvalue weighted by Gasteiger charge is -1.99. The Bertz CT molecular complexity index is 811. The molecule has 0 unspecified atom stereocenters. The molecule has 0 spiro atoms. The predicted molar refractivity (Wildman–Crippen MR) is 90.6 cm³/mol. The highest BCUT2D eigenvalue weighted by Gasteiger charge is 2.24. The zero-order valence-corrected chi connectivity index (χ0v) is 14.3. The number of phenolic OH excluding ortho intramolecular Hbond substituents is 1. The van der Waals surface area contributed by atoms with Crippen LogP contribution in [0.1, 0.15) is 11.1 Å². The van der Waals surface area contributed by atoms with E-state index in [1.54, 1.807) is 24.3 Å². The molecule has 110 valence electrons. The van der Waals surface area contributed by atoms with Crippen molar-refractivity contribution in [1.82, 2.24) is 0 Å². The highest BCUT2D eigenvalue weighted by Crippen LogP contribution is 2.26. The first-order valence-electron chi connectivity index (χ1n) is 6.30. The van der Waals surface area contributed by atoms with Crippen LogP contribution in [0.5, 0.6) is 5.75 Å². The van der Waals surface area contributed by atoms with Crippen molar-refractivity contribution in [2.75, 3.05) is 0 Å². The van der Waals surface area contributed by atoms with Gasteiger partial charge in [0.05, 0.1) is 0 Å². The number of nitrogens with zero attached hydrogens (tertiary/aromatic N) is 1. The minimum Gasteiger partial charge on any atom is -0.507 e. The Morgan fingerprint density at radius 1 is 1.05 bits per heavy atom. The van der Waals surface area contributed by atoms with Crippen LogP contribution in [-0.2, 0) is 9.53 Å². The third-order valence-corrected chi connectivity index (χ3v) is 4.02.